The van der Waals surface area contributed by atoms with Gasteiger partial charge in [0, 0.05) is 22.6 Å². The molecule has 0 aliphatic carbocycles. The van der Waals surface area contributed by atoms with Crippen molar-refractivity contribution in [2.24, 2.45) is 0 Å². The fraction of sp³-hybridized carbons (Fsp3) is 0.222. The molecule has 6 N–H and O–H groups in total. The van der Waals surface area contributed by atoms with Crippen LogP contribution in [0, 0.1) is 11.6 Å². The quantitative estimate of drug-likeness (QED) is 0.107. The lowest BCUT2D eigenvalue weighted by atomic mass is 10.0. The zero-order chi connectivity index (χ0) is 36.3. The number of aliphatic carboxylic acids is 2. The number of nitrogens with one attached hydrogen (secondary N) is 2. The lowest BCUT2D eigenvalue weighted by molar-refractivity contribution is -0.193. The van der Waals surface area contributed by atoms with Crippen molar-refractivity contribution in [3.05, 3.63) is 53.7 Å². The number of halogens is 8. The van der Waals surface area contributed by atoms with Crippen LogP contribution < -0.4 is 11.1 Å². The molecule has 0 fully saturated rings. The second-order valence-electron chi connectivity index (χ2n) is 9.75. The maximum atomic E-state index is 14.5. The fourth-order valence-corrected chi connectivity index (χ4v) is 3.83. The third-order valence-electron chi connectivity index (χ3n) is 6.00. The molecule has 0 radical (unpaired) electrons. The number of nitrogens with two attached hydrogens (primary N) is 1. The van der Waals surface area contributed by atoms with Gasteiger partial charge in [-0.2, -0.15) is 46.5 Å². The van der Waals surface area contributed by atoms with E-state index in [1.54, 1.807) is 10.7 Å². The van der Waals surface area contributed by atoms with Crippen LogP contribution in [0.1, 0.15) is 37.2 Å². The first-order chi connectivity index (χ1) is 22.1. The number of aromatic nitrogens is 6. The Hall–Kier alpha value is -5.89. The summed E-state index contributed by atoms with van der Waals surface area (Å²) < 4.78 is 93.9. The minimum absolute atomic E-state index is 0.0698. The molecule has 0 aliphatic heterocycles. The number of aromatic amines is 1. The van der Waals surface area contributed by atoms with Crippen LogP contribution in [0.25, 0.3) is 33.2 Å². The minimum atomic E-state index is -5.08. The molecule has 256 valence electrons. The summed E-state index contributed by atoms with van der Waals surface area (Å²) in [4.78, 5) is 38.1. The van der Waals surface area contributed by atoms with Gasteiger partial charge in [-0.1, -0.05) is 0 Å². The number of H-pyrrole nitrogens is 1. The first-order valence-electron chi connectivity index (χ1n) is 13.0. The molecule has 0 atom stereocenters. The number of rotatable bonds is 5. The molecule has 0 spiro atoms. The SMILES string of the molecule is CC(=O)c1ccc(Nc2nc(N)c3c(-c4ccc(F)c5[nH]ncc45)nn(C(C)C)c3n2)c(F)c1.O=C(O)C(F)(F)F.O=C(O)C(F)(F)F. The molecule has 3 heterocycles. The van der Waals surface area contributed by atoms with Gasteiger partial charge in [0.15, 0.2) is 11.4 Å². The maximum absolute atomic E-state index is 14.5. The second-order valence-corrected chi connectivity index (χ2v) is 9.75. The topological polar surface area (TPSA) is 202 Å². The maximum Gasteiger partial charge on any atom is 0.490 e. The molecule has 5 rings (SSSR count). The predicted molar refractivity (Wildman–Crippen MR) is 152 cm³/mol. The number of carbonyl (C=O) groups is 3. The monoisotopic (exact) mass is 690 g/mol. The van der Waals surface area contributed by atoms with Gasteiger partial charge in [0.25, 0.3) is 0 Å². The number of hydrogen-bond acceptors (Lipinski definition) is 9. The molecule has 13 nitrogen and oxygen atoms in total. The molecule has 0 bridgehead atoms. The van der Waals surface area contributed by atoms with E-state index >= 15 is 0 Å². The summed E-state index contributed by atoms with van der Waals surface area (Å²) in [6.07, 6.45) is -8.64. The van der Waals surface area contributed by atoms with Gasteiger partial charge in [0.1, 0.15) is 28.7 Å². The number of Topliss-reactive ketones (excluding diaryl/α,β-unsaturated/α-hetero) is 1. The van der Waals surface area contributed by atoms with Gasteiger partial charge in [-0.25, -0.2) is 23.1 Å². The Bertz CT molecular complexity index is 1980. The van der Waals surface area contributed by atoms with E-state index in [9.17, 15) is 39.9 Å². The number of ketones is 1. The van der Waals surface area contributed by atoms with Crippen LogP contribution in [0.4, 0.5) is 52.6 Å². The van der Waals surface area contributed by atoms with E-state index < -0.39 is 35.9 Å². The molecule has 0 saturated heterocycles. The summed E-state index contributed by atoms with van der Waals surface area (Å²) >= 11 is 0. The predicted octanol–water partition coefficient (Wildman–Crippen LogP) is 6.02. The summed E-state index contributed by atoms with van der Waals surface area (Å²) in [5.41, 5.74) is 8.48. The molecule has 0 amide bonds. The number of alkyl halides is 6. The van der Waals surface area contributed by atoms with Gasteiger partial charge in [-0.3, -0.25) is 9.89 Å². The van der Waals surface area contributed by atoms with Crippen molar-refractivity contribution in [3.8, 4) is 11.3 Å². The van der Waals surface area contributed by atoms with E-state index in [1.807, 2.05) is 13.8 Å². The van der Waals surface area contributed by atoms with Crippen LogP contribution in [-0.2, 0) is 9.59 Å². The first-order valence-corrected chi connectivity index (χ1v) is 13.0. The first kappa shape index (κ1) is 36.6. The minimum Gasteiger partial charge on any atom is -0.475 e. The second kappa shape index (κ2) is 13.8. The lowest BCUT2D eigenvalue weighted by Gasteiger charge is -2.10. The van der Waals surface area contributed by atoms with Crippen LogP contribution in [0.15, 0.2) is 36.5 Å². The smallest absolute Gasteiger partial charge is 0.475 e. The summed E-state index contributed by atoms with van der Waals surface area (Å²) in [6, 6.07) is 6.94. The summed E-state index contributed by atoms with van der Waals surface area (Å²) in [5, 5.41) is 29.4. The average Bonchev–Trinajstić information content (AvgIpc) is 3.61. The number of carbonyl (C=O) groups excluding carboxylic acids is 1. The highest BCUT2D eigenvalue weighted by Crippen LogP contribution is 2.37. The van der Waals surface area contributed by atoms with Crippen LogP contribution in [-0.4, -0.2) is 70.2 Å². The zero-order valence-corrected chi connectivity index (χ0v) is 24.5. The van der Waals surface area contributed by atoms with E-state index in [4.69, 9.17) is 30.6 Å². The van der Waals surface area contributed by atoms with Crippen molar-refractivity contribution in [3.63, 3.8) is 0 Å². The van der Waals surface area contributed by atoms with Crippen molar-refractivity contribution >= 4 is 57.1 Å². The fourth-order valence-electron chi connectivity index (χ4n) is 3.83. The molecule has 0 saturated carbocycles. The average molecular weight is 691 g/mol. The molecular formula is C27H22F8N8O5. The van der Waals surface area contributed by atoms with Gasteiger partial charge in [0.2, 0.25) is 5.95 Å². The van der Waals surface area contributed by atoms with Crippen LogP contribution >= 0.6 is 0 Å². The Balaban J connectivity index is 0.000000376. The van der Waals surface area contributed by atoms with Gasteiger partial charge in [-0.05, 0) is 51.1 Å². The molecule has 5 aromatic rings. The highest BCUT2D eigenvalue weighted by atomic mass is 19.4. The number of benzene rings is 2. The lowest BCUT2D eigenvalue weighted by Crippen LogP contribution is -2.21. The standard InChI is InChI=1S/C23H20F2N8O.2C2HF3O2/c1-10(2)33-22-18(20(32-33)13-5-6-15(24)19-14(13)9-27-31-19)21(26)29-23(30-22)28-17-7-4-12(11(3)34)8-16(17)25;2*3-2(4,5)1(6)7/h4-10H,1-3H3,(H,27,31)(H3,26,28,29,30);2*(H,6,7). The molecule has 0 aliphatic rings. The normalized spacial score (nSPS) is 11.5. The Morgan fingerprint density at radius 1 is 0.938 bits per heavy atom. The van der Waals surface area contributed by atoms with Gasteiger partial charge in [0.05, 0.1) is 17.3 Å². The highest BCUT2D eigenvalue weighted by molar-refractivity contribution is 6.05. The van der Waals surface area contributed by atoms with Crippen LogP contribution in [0.3, 0.4) is 0 Å². The van der Waals surface area contributed by atoms with Gasteiger partial charge in [-0.15, -0.1) is 0 Å². The van der Waals surface area contributed by atoms with Crippen molar-refractivity contribution in [2.45, 2.75) is 39.2 Å². The van der Waals surface area contributed by atoms with E-state index in [1.165, 1.54) is 31.3 Å². The van der Waals surface area contributed by atoms with E-state index in [-0.39, 0.29) is 40.4 Å². The van der Waals surface area contributed by atoms with Gasteiger partial charge < -0.3 is 21.3 Å². The van der Waals surface area contributed by atoms with Crippen molar-refractivity contribution in [1.82, 2.24) is 29.9 Å². The number of fused-ring (bicyclic) bond motifs is 2. The molecule has 48 heavy (non-hydrogen) atoms. The molecule has 3 aromatic heterocycles. The van der Waals surface area contributed by atoms with E-state index in [2.05, 4.69) is 25.5 Å². The van der Waals surface area contributed by atoms with Gasteiger partial charge >= 0.3 is 24.3 Å². The van der Waals surface area contributed by atoms with Crippen molar-refractivity contribution < 1.29 is 59.7 Å². The number of nitrogens with zero attached hydrogens (tertiary/aromatic N) is 5. The van der Waals surface area contributed by atoms with E-state index in [0.717, 1.165) is 6.07 Å². The van der Waals surface area contributed by atoms with Crippen LogP contribution in [0.2, 0.25) is 0 Å². The molecule has 21 heteroatoms. The van der Waals surface area contributed by atoms with Crippen molar-refractivity contribution in [2.75, 3.05) is 11.1 Å². The Labute approximate surface area is 262 Å². The zero-order valence-electron chi connectivity index (χ0n) is 24.5. The number of hydrogen-bond donors (Lipinski definition) is 5. The number of anilines is 3. The van der Waals surface area contributed by atoms with Crippen molar-refractivity contribution in [1.29, 1.82) is 0 Å². The largest absolute Gasteiger partial charge is 0.490 e. The molecule has 0 unspecified atom stereocenters. The Morgan fingerprint density at radius 2 is 1.52 bits per heavy atom. The highest BCUT2D eigenvalue weighted by Gasteiger charge is 2.39. The summed E-state index contributed by atoms with van der Waals surface area (Å²) in [5.74, 6) is -6.62. The third kappa shape index (κ3) is 8.27. The number of nitrogen functional groups attached to an aromatic ring is 1. The summed E-state index contributed by atoms with van der Waals surface area (Å²) in [7, 11) is 0. The molecular weight excluding hydrogens is 668 g/mol. The summed E-state index contributed by atoms with van der Waals surface area (Å²) in [6.45, 7) is 5.22. The van der Waals surface area contributed by atoms with Crippen LogP contribution in [0.5, 0.6) is 0 Å². The van der Waals surface area contributed by atoms with E-state index in [0.29, 0.717) is 27.7 Å². The Morgan fingerprint density at radius 3 is 2.02 bits per heavy atom. The third-order valence-corrected chi connectivity index (χ3v) is 6.00. The number of carboxylic acid groups (broad SMARTS) is 2. The number of carboxylic acids is 2. The Kier molecular flexibility index (Phi) is 10.6. The molecule has 2 aromatic carbocycles.